The van der Waals surface area contributed by atoms with E-state index in [1.54, 1.807) is 13.0 Å². The Hall–Kier alpha value is -1.36. The van der Waals surface area contributed by atoms with Gasteiger partial charge in [-0.1, -0.05) is 0 Å². The number of rotatable bonds is 4. The number of hydrogen-bond donors (Lipinski definition) is 1. The number of ether oxygens (including phenoxy) is 1. The van der Waals surface area contributed by atoms with Crippen molar-refractivity contribution < 1.29 is 14.3 Å². The van der Waals surface area contributed by atoms with E-state index in [0.29, 0.717) is 4.88 Å². The lowest BCUT2D eigenvalue weighted by Crippen LogP contribution is -2.36. The van der Waals surface area contributed by atoms with Crippen molar-refractivity contribution in [3.63, 3.8) is 0 Å². The number of carbonyl (C=O) groups is 2. The molecule has 1 aromatic rings. The lowest BCUT2D eigenvalue weighted by molar-refractivity contribution is -0.129. The predicted molar refractivity (Wildman–Crippen MR) is 65.1 cm³/mol. The summed E-state index contributed by atoms with van der Waals surface area (Å²) in [5.74, 6) is -0.643. The molecule has 1 aliphatic carbocycles. The third kappa shape index (κ3) is 3.30. The molecule has 5 heteroatoms. The molecule has 2 rings (SSSR count). The number of carbonyl (C=O) groups excluding carboxylic acids is 2. The molecule has 0 radical (unpaired) electrons. The quantitative estimate of drug-likeness (QED) is 0.834. The lowest BCUT2D eigenvalue weighted by atomic mass is 10.3. The summed E-state index contributed by atoms with van der Waals surface area (Å²) in [5, 5.41) is 2.80. The van der Waals surface area contributed by atoms with Crippen molar-refractivity contribution in [2.45, 2.75) is 38.8 Å². The number of amides is 1. The highest BCUT2D eigenvalue weighted by Crippen LogP contribution is 2.19. The molecule has 92 valence electrons. The topological polar surface area (TPSA) is 55.4 Å². The monoisotopic (exact) mass is 253 g/mol. The first-order chi connectivity index (χ1) is 8.06. The Labute approximate surface area is 104 Å². The number of aryl methyl sites for hydroxylation is 1. The summed E-state index contributed by atoms with van der Waals surface area (Å²) in [6, 6.07) is 3.86. The van der Waals surface area contributed by atoms with E-state index in [4.69, 9.17) is 4.74 Å². The van der Waals surface area contributed by atoms with Crippen LogP contribution < -0.4 is 5.32 Å². The van der Waals surface area contributed by atoms with Gasteiger partial charge in [0.15, 0.2) is 6.10 Å². The highest BCUT2D eigenvalue weighted by atomic mass is 32.1. The van der Waals surface area contributed by atoms with E-state index >= 15 is 0 Å². The molecule has 1 atom stereocenters. The second kappa shape index (κ2) is 4.87. The van der Waals surface area contributed by atoms with Crippen LogP contribution >= 0.6 is 11.3 Å². The minimum atomic E-state index is -0.731. The summed E-state index contributed by atoms with van der Waals surface area (Å²) in [6.45, 7) is 3.51. The summed E-state index contributed by atoms with van der Waals surface area (Å²) in [6.07, 6.45) is 1.32. The fraction of sp³-hybridized carbons (Fsp3) is 0.500. The van der Waals surface area contributed by atoms with Gasteiger partial charge in [0.1, 0.15) is 4.88 Å². The first-order valence-electron chi connectivity index (χ1n) is 5.64. The van der Waals surface area contributed by atoms with Gasteiger partial charge in [0.05, 0.1) is 0 Å². The van der Waals surface area contributed by atoms with Crippen LogP contribution in [0.25, 0.3) is 0 Å². The van der Waals surface area contributed by atoms with Crippen molar-refractivity contribution in [2.75, 3.05) is 0 Å². The van der Waals surface area contributed by atoms with E-state index in [1.165, 1.54) is 11.3 Å². The molecule has 1 N–H and O–H groups in total. The van der Waals surface area contributed by atoms with Crippen molar-refractivity contribution in [2.24, 2.45) is 0 Å². The van der Waals surface area contributed by atoms with Crippen molar-refractivity contribution in [1.29, 1.82) is 0 Å². The van der Waals surface area contributed by atoms with E-state index in [9.17, 15) is 9.59 Å². The van der Waals surface area contributed by atoms with Gasteiger partial charge < -0.3 is 10.1 Å². The molecule has 1 amide bonds. The van der Waals surface area contributed by atoms with E-state index in [1.807, 2.05) is 13.0 Å². The average Bonchev–Trinajstić information content (AvgIpc) is 2.97. The van der Waals surface area contributed by atoms with Gasteiger partial charge >= 0.3 is 5.97 Å². The van der Waals surface area contributed by atoms with E-state index in [0.717, 1.165) is 17.7 Å². The third-order valence-corrected chi connectivity index (χ3v) is 3.50. The third-order valence-electron chi connectivity index (χ3n) is 2.52. The Balaban J connectivity index is 1.86. The molecule has 0 bridgehead atoms. The maximum Gasteiger partial charge on any atom is 0.349 e. The molecular weight excluding hydrogens is 238 g/mol. The molecule has 1 heterocycles. The van der Waals surface area contributed by atoms with Crippen molar-refractivity contribution in [3.8, 4) is 0 Å². The van der Waals surface area contributed by atoms with E-state index in [2.05, 4.69) is 5.32 Å². The summed E-state index contributed by atoms with van der Waals surface area (Å²) in [7, 11) is 0. The molecule has 0 unspecified atom stereocenters. The Kier molecular flexibility index (Phi) is 3.47. The van der Waals surface area contributed by atoms with Crippen LogP contribution in [0.3, 0.4) is 0 Å². The summed E-state index contributed by atoms with van der Waals surface area (Å²) >= 11 is 1.37. The van der Waals surface area contributed by atoms with E-state index < -0.39 is 12.1 Å². The summed E-state index contributed by atoms with van der Waals surface area (Å²) < 4.78 is 5.10. The van der Waals surface area contributed by atoms with E-state index in [-0.39, 0.29) is 11.9 Å². The zero-order valence-corrected chi connectivity index (χ0v) is 10.7. The van der Waals surface area contributed by atoms with Gasteiger partial charge in [-0.2, -0.15) is 0 Å². The van der Waals surface area contributed by atoms with Crippen LogP contribution in [0.1, 0.15) is 34.3 Å². The predicted octanol–water partition coefficient (Wildman–Crippen LogP) is 1.88. The van der Waals surface area contributed by atoms with Gasteiger partial charge in [-0.05, 0) is 38.8 Å². The number of thiophene rings is 1. The molecular formula is C12H15NO3S. The second-order valence-corrected chi connectivity index (χ2v) is 5.53. The van der Waals surface area contributed by atoms with Crippen LogP contribution in [0.4, 0.5) is 0 Å². The first kappa shape index (κ1) is 12.1. The lowest BCUT2D eigenvalue weighted by Gasteiger charge is -2.12. The Morgan fingerprint density at radius 1 is 1.47 bits per heavy atom. The molecule has 1 aromatic heterocycles. The normalized spacial score (nSPS) is 16.4. The zero-order chi connectivity index (χ0) is 12.4. The number of esters is 1. The van der Waals surface area contributed by atoms with Gasteiger partial charge in [0, 0.05) is 10.9 Å². The van der Waals surface area contributed by atoms with Gasteiger partial charge in [-0.25, -0.2) is 4.79 Å². The Morgan fingerprint density at radius 2 is 2.18 bits per heavy atom. The van der Waals surface area contributed by atoms with Gasteiger partial charge in [-0.15, -0.1) is 11.3 Å². The summed E-state index contributed by atoms with van der Waals surface area (Å²) in [5.41, 5.74) is 0. The number of nitrogens with one attached hydrogen (secondary N) is 1. The molecule has 17 heavy (non-hydrogen) atoms. The Morgan fingerprint density at radius 3 is 2.71 bits per heavy atom. The largest absolute Gasteiger partial charge is 0.448 e. The molecule has 0 aromatic carbocycles. The summed E-state index contributed by atoms with van der Waals surface area (Å²) in [4.78, 5) is 24.8. The van der Waals surface area contributed by atoms with Crippen LogP contribution in [0.15, 0.2) is 12.1 Å². The zero-order valence-electron chi connectivity index (χ0n) is 9.86. The smallest absolute Gasteiger partial charge is 0.349 e. The fourth-order valence-electron chi connectivity index (χ4n) is 1.36. The van der Waals surface area contributed by atoms with Crippen LogP contribution in [0.5, 0.6) is 0 Å². The highest BCUT2D eigenvalue weighted by molar-refractivity contribution is 7.13. The molecule has 1 aliphatic rings. The second-order valence-electron chi connectivity index (χ2n) is 4.24. The van der Waals surface area contributed by atoms with Crippen LogP contribution in [0.2, 0.25) is 0 Å². The van der Waals surface area contributed by atoms with Gasteiger partial charge in [0.2, 0.25) is 0 Å². The molecule has 0 saturated heterocycles. The van der Waals surface area contributed by atoms with Crippen molar-refractivity contribution in [1.82, 2.24) is 5.32 Å². The van der Waals surface area contributed by atoms with Crippen LogP contribution in [0, 0.1) is 6.92 Å². The fourth-order valence-corrected chi connectivity index (χ4v) is 2.11. The molecule has 4 nitrogen and oxygen atoms in total. The molecule has 0 spiro atoms. The van der Waals surface area contributed by atoms with Gasteiger partial charge in [-0.3, -0.25) is 4.79 Å². The number of hydrogen-bond acceptors (Lipinski definition) is 4. The van der Waals surface area contributed by atoms with Crippen molar-refractivity contribution >= 4 is 23.2 Å². The van der Waals surface area contributed by atoms with Crippen molar-refractivity contribution in [3.05, 3.63) is 21.9 Å². The maximum atomic E-state index is 11.7. The minimum Gasteiger partial charge on any atom is -0.448 e. The SMILES string of the molecule is Cc1ccc(C(=O)O[C@@H](C)C(=O)NC2CC2)s1. The maximum absolute atomic E-state index is 11.7. The molecule has 0 aliphatic heterocycles. The molecule has 1 saturated carbocycles. The first-order valence-corrected chi connectivity index (χ1v) is 6.45. The highest BCUT2D eigenvalue weighted by Gasteiger charge is 2.27. The molecule has 1 fully saturated rings. The van der Waals surface area contributed by atoms with Gasteiger partial charge in [0.25, 0.3) is 5.91 Å². The van der Waals surface area contributed by atoms with Crippen LogP contribution in [-0.4, -0.2) is 24.0 Å². The average molecular weight is 253 g/mol. The Bertz CT molecular complexity index is 437. The standard InChI is InChI=1S/C12H15NO3S/c1-7-3-6-10(17-7)12(15)16-8(2)11(14)13-9-4-5-9/h3,6,8-9H,4-5H2,1-2H3,(H,13,14)/t8-/m0/s1. The minimum absolute atomic E-state index is 0.214. The van der Waals surface area contributed by atoms with Crippen LogP contribution in [-0.2, 0) is 9.53 Å².